The molecule has 0 spiro atoms. The van der Waals surface area contributed by atoms with Gasteiger partial charge in [-0.3, -0.25) is 0 Å². The molecule has 0 aromatic rings. The lowest BCUT2D eigenvalue weighted by atomic mass is 9.70. The molecule has 1 fully saturated rings. The molecular formula is C15H29NO3. The summed E-state index contributed by atoms with van der Waals surface area (Å²) < 4.78 is 5.27. The molecule has 4 nitrogen and oxygen atoms in total. The highest BCUT2D eigenvalue weighted by molar-refractivity contribution is 5.68. The highest BCUT2D eigenvalue weighted by atomic mass is 16.6. The molecule has 1 aliphatic carbocycles. The second kappa shape index (κ2) is 6.12. The van der Waals surface area contributed by atoms with Gasteiger partial charge in [-0.1, -0.05) is 13.8 Å². The van der Waals surface area contributed by atoms with Crippen molar-refractivity contribution in [3.63, 3.8) is 0 Å². The molecule has 1 saturated carbocycles. The first kappa shape index (κ1) is 16.3. The summed E-state index contributed by atoms with van der Waals surface area (Å²) in [6.07, 6.45) is 3.71. The van der Waals surface area contributed by atoms with Crippen molar-refractivity contribution in [2.45, 2.75) is 71.9 Å². The van der Waals surface area contributed by atoms with E-state index in [4.69, 9.17) is 4.74 Å². The number of rotatable bonds is 3. The third-order valence-corrected chi connectivity index (χ3v) is 3.96. The molecule has 0 aliphatic heterocycles. The zero-order valence-corrected chi connectivity index (χ0v) is 13.0. The minimum absolute atomic E-state index is 0.0170. The molecule has 0 heterocycles. The van der Waals surface area contributed by atoms with Gasteiger partial charge in [0.05, 0.1) is 0 Å². The third-order valence-electron chi connectivity index (χ3n) is 3.96. The van der Waals surface area contributed by atoms with Gasteiger partial charge in [-0.05, 0) is 57.8 Å². The molecule has 0 bridgehead atoms. The predicted octanol–water partition coefficient (Wildman–Crippen LogP) is 3.09. The molecule has 0 atom stereocenters. The van der Waals surface area contributed by atoms with E-state index in [0.717, 1.165) is 25.7 Å². The quantitative estimate of drug-likeness (QED) is 0.829. The highest BCUT2D eigenvalue weighted by Gasteiger charge is 2.33. The summed E-state index contributed by atoms with van der Waals surface area (Å²) >= 11 is 0. The Morgan fingerprint density at radius 3 is 2.11 bits per heavy atom. The molecule has 19 heavy (non-hydrogen) atoms. The van der Waals surface area contributed by atoms with Gasteiger partial charge in [0, 0.05) is 12.6 Å². The van der Waals surface area contributed by atoms with E-state index in [1.54, 1.807) is 0 Å². The minimum atomic E-state index is -0.444. The van der Waals surface area contributed by atoms with E-state index < -0.39 is 5.60 Å². The van der Waals surface area contributed by atoms with Crippen LogP contribution in [0.2, 0.25) is 0 Å². The highest BCUT2D eigenvalue weighted by Crippen LogP contribution is 2.37. The van der Waals surface area contributed by atoms with Crippen LogP contribution in [-0.2, 0) is 4.74 Å². The summed E-state index contributed by atoms with van der Waals surface area (Å²) in [6, 6.07) is 0.209. The van der Waals surface area contributed by atoms with Crippen LogP contribution in [0.15, 0.2) is 0 Å². The first-order chi connectivity index (χ1) is 8.64. The maximum atomic E-state index is 11.7. The van der Waals surface area contributed by atoms with E-state index in [-0.39, 0.29) is 24.2 Å². The molecule has 0 unspecified atom stereocenters. The average molecular weight is 271 g/mol. The topological polar surface area (TPSA) is 58.6 Å². The molecule has 1 amide bonds. The van der Waals surface area contributed by atoms with Crippen molar-refractivity contribution in [3.8, 4) is 0 Å². The van der Waals surface area contributed by atoms with Crippen LogP contribution in [0.25, 0.3) is 0 Å². The Balaban J connectivity index is 2.37. The molecular weight excluding hydrogens is 242 g/mol. The number of nitrogens with one attached hydrogen (secondary N) is 1. The summed E-state index contributed by atoms with van der Waals surface area (Å²) in [5.74, 6) is 0.536. The lowest BCUT2D eigenvalue weighted by Gasteiger charge is -2.38. The van der Waals surface area contributed by atoms with Gasteiger partial charge in [0.2, 0.25) is 0 Å². The minimum Gasteiger partial charge on any atom is -0.444 e. The summed E-state index contributed by atoms with van der Waals surface area (Å²) in [5.41, 5.74) is -0.461. The summed E-state index contributed by atoms with van der Waals surface area (Å²) in [7, 11) is 0. The average Bonchev–Trinajstić information content (AvgIpc) is 2.27. The largest absolute Gasteiger partial charge is 0.444 e. The Hall–Kier alpha value is -0.770. The lowest BCUT2D eigenvalue weighted by molar-refractivity contribution is 0.0428. The molecule has 112 valence electrons. The van der Waals surface area contributed by atoms with Crippen LogP contribution in [-0.4, -0.2) is 29.4 Å². The number of hydrogen-bond acceptors (Lipinski definition) is 3. The zero-order chi connectivity index (χ0) is 14.7. The van der Waals surface area contributed by atoms with Crippen molar-refractivity contribution in [2.75, 3.05) is 6.61 Å². The van der Waals surface area contributed by atoms with Crippen LogP contribution in [0.3, 0.4) is 0 Å². The van der Waals surface area contributed by atoms with Gasteiger partial charge < -0.3 is 15.2 Å². The maximum absolute atomic E-state index is 11.7. The second-order valence-corrected chi connectivity index (χ2v) is 7.34. The Morgan fingerprint density at radius 2 is 1.68 bits per heavy atom. The molecule has 0 aromatic carbocycles. The predicted molar refractivity (Wildman–Crippen MR) is 76.0 cm³/mol. The molecule has 0 radical (unpaired) electrons. The number of alkyl carbamates (subject to hydrolysis) is 1. The fraction of sp³-hybridized carbons (Fsp3) is 0.933. The maximum Gasteiger partial charge on any atom is 0.407 e. The zero-order valence-electron chi connectivity index (χ0n) is 13.0. The van der Waals surface area contributed by atoms with Crippen LogP contribution in [0.5, 0.6) is 0 Å². The van der Waals surface area contributed by atoms with Gasteiger partial charge in [-0.25, -0.2) is 4.79 Å². The van der Waals surface area contributed by atoms with E-state index >= 15 is 0 Å². The van der Waals surface area contributed by atoms with Crippen LogP contribution in [0.4, 0.5) is 4.79 Å². The second-order valence-electron chi connectivity index (χ2n) is 7.34. The fourth-order valence-electron chi connectivity index (χ4n) is 2.62. The van der Waals surface area contributed by atoms with Crippen molar-refractivity contribution in [3.05, 3.63) is 0 Å². The molecule has 0 saturated heterocycles. The van der Waals surface area contributed by atoms with Crippen molar-refractivity contribution >= 4 is 6.09 Å². The van der Waals surface area contributed by atoms with Crippen LogP contribution < -0.4 is 5.32 Å². The first-order valence-electron chi connectivity index (χ1n) is 7.24. The number of hydrogen-bond donors (Lipinski definition) is 2. The van der Waals surface area contributed by atoms with Crippen LogP contribution in [0, 0.1) is 11.3 Å². The SMILES string of the molecule is CC(C)(C)OC(=O)NC1CCC(C(C)(C)CO)CC1. The van der Waals surface area contributed by atoms with Gasteiger partial charge in [0.15, 0.2) is 0 Å². The first-order valence-corrected chi connectivity index (χ1v) is 7.24. The number of amides is 1. The normalized spacial score (nSPS) is 24.9. The molecule has 1 aliphatic rings. The smallest absolute Gasteiger partial charge is 0.407 e. The number of ether oxygens (including phenoxy) is 1. The van der Waals surface area contributed by atoms with Crippen molar-refractivity contribution in [1.82, 2.24) is 5.32 Å². The van der Waals surface area contributed by atoms with Crippen LogP contribution >= 0.6 is 0 Å². The Morgan fingerprint density at radius 1 is 1.16 bits per heavy atom. The number of carbonyl (C=O) groups excluding carboxylic acids is 1. The van der Waals surface area contributed by atoms with E-state index in [0.29, 0.717) is 5.92 Å². The molecule has 2 N–H and O–H groups in total. The lowest BCUT2D eigenvalue weighted by Crippen LogP contribution is -2.42. The Bertz CT molecular complexity index is 299. The van der Waals surface area contributed by atoms with E-state index in [2.05, 4.69) is 19.2 Å². The fourth-order valence-corrected chi connectivity index (χ4v) is 2.62. The Labute approximate surface area is 116 Å². The van der Waals surface area contributed by atoms with Gasteiger partial charge in [-0.2, -0.15) is 0 Å². The van der Waals surface area contributed by atoms with E-state index in [1.165, 1.54) is 0 Å². The van der Waals surface area contributed by atoms with Gasteiger partial charge in [-0.15, -0.1) is 0 Å². The van der Waals surface area contributed by atoms with Crippen molar-refractivity contribution in [1.29, 1.82) is 0 Å². The molecule has 4 heteroatoms. The summed E-state index contributed by atoms with van der Waals surface area (Å²) in [6.45, 7) is 10.0. The number of aliphatic hydroxyl groups is 1. The molecule has 1 rings (SSSR count). The van der Waals surface area contributed by atoms with Crippen molar-refractivity contribution < 1.29 is 14.6 Å². The molecule has 0 aromatic heterocycles. The number of carbonyl (C=O) groups is 1. The van der Waals surface area contributed by atoms with E-state index in [1.807, 2.05) is 20.8 Å². The standard InChI is InChI=1S/C15H29NO3/c1-14(2,3)19-13(18)16-12-8-6-11(7-9-12)15(4,5)10-17/h11-12,17H,6-10H2,1-5H3,(H,16,18). The van der Waals surface area contributed by atoms with Gasteiger partial charge in [0.25, 0.3) is 0 Å². The monoisotopic (exact) mass is 271 g/mol. The Kier molecular flexibility index (Phi) is 5.25. The number of aliphatic hydroxyl groups excluding tert-OH is 1. The van der Waals surface area contributed by atoms with Crippen molar-refractivity contribution in [2.24, 2.45) is 11.3 Å². The van der Waals surface area contributed by atoms with Gasteiger partial charge >= 0.3 is 6.09 Å². The van der Waals surface area contributed by atoms with Crippen LogP contribution in [0.1, 0.15) is 60.3 Å². The summed E-state index contributed by atoms with van der Waals surface area (Å²) in [4.78, 5) is 11.7. The summed E-state index contributed by atoms with van der Waals surface area (Å²) in [5, 5.41) is 12.3. The van der Waals surface area contributed by atoms with Gasteiger partial charge in [0.1, 0.15) is 5.60 Å². The third kappa shape index (κ3) is 5.39. The van der Waals surface area contributed by atoms with E-state index in [9.17, 15) is 9.90 Å².